The molecule has 310 valence electrons. The lowest BCUT2D eigenvalue weighted by atomic mass is 10.1. The van der Waals surface area contributed by atoms with E-state index in [4.69, 9.17) is 56.5 Å². The fraction of sp³-hybridized carbons (Fsp3) is 0.833. The van der Waals surface area contributed by atoms with E-state index in [9.17, 15) is 28.9 Å². The lowest BCUT2D eigenvalue weighted by Crippen LogP contribution is -2.48. The van der Waals surface area contributed by atoms with Gasteiger partial charge in [-0.25, -0.2) is 11.8 Å². The van der Waals surface area contributed by atoms with Crippen LogP contribution in [0.4, 0.5) is 0 Å². The molecule has 0 aliphatic heterocycles. The van der Waals surface area contributed by atoms with Crippen LogP contribution in [0.3, 0.4) is 0 Å². The van der Waals surface area contributed by atoms with Crippen LogP contribution in [0.1, 0.15) is 32.1 Å². The fourth-order valence-electron chi connectivity index (χ4n) is 3.88. The summed E-state index contributed by atoms with van der Waals surface area (Å²) in [4.78, 5) is 79.9. The molecule has 0 aromatic rings. The molecule has 0 aliphatic rings. The molecule has 3 unspecified atom stereocenters. The van der Waals surface area contributed by atoms with Crippen molar-refractivity contribution < 1.29 is 71.5 Å². The Bertz CT molecular complexity index is 1030. The van der Waals surface area contributed by atoms with Crippen LogP contribution in [0.5, 0.6) is 0 Å². The average Bonchev–Trinajstić information content (AvgIpc) is 3.12. The Morgan fingerprint density at radius 3 is 1.60 bits per heavy atom. The minimum absolute atomic E-state index is 0.0174. The lowest BCUT2D eigenvalue weighted by Gasteiger charge is -2.19. The average molecular weight is 807 g/mol. The third kappa shape index (κ3) is 35.2. The molecule has 0 bridgehead atoms. The minimum atomic E-state index is -2.67. The molecule has 0 saturated carbocycles. The molecule has 0 rings (SSSR count). The molecule has 0 aliphatic carbocycles. The fourth-order valence-corrected chi connectivity index (χ4v) is 4.52. The van der Waals surface area contributed by atoms with E-state index in [0.29, 0.717) is 39.3 Å². The molecule has 0 radical (unpaired) electrons. The molecule has 0 heterocycles. The van der Waals surface area contributed by atoms with Gasteiger partial charge in [-0.1, -0.05) is 0 Å². The van der Waals surface area contributed by atoms with Crippen molar-refractivity contribution in [3.05, 3.63) is 0 Å². The zero-order valence-corrected chi connectivity index (χ0v) is 32.2. The molecule has 53 heavy (non-hydrogen) atoms. The SMILES string of the molecule is CP(O)(=S)OCCOCCOCCOCCOCCC(=O)NC(CCC(=O)NC(C=O)CCC(=O)NCCOCCON)C(=O)NCCOCCON. The number of ether oxygens (including phenoxy) is 6. The monoisotopic (exact) mass is 806 g/mol. The standard InChI is InChI=1S/C30H59N6O15PS/c1-52(42,53)51-23-20-48-17-16-47-15-14-46-13-12-43-9-6-29(40)36-26(30(41)34-8-11-45-19-22-50-32)3-5-28(39)35-25(24-37)2-4-27(38)33-7-10-44-18-21-49-31/h24-26H,2-23,31-32H2,1H3,(H,33,38)(H,34,41)(H,35,39)(H,36,40)(H,42,53). The van der Waals surface area contributed by atoms with Gasteiger partial charge in [0.15, 0.2) is 6.49 Å². The van der Waals surface area contributed by atoms with Gasteiger partial charge in [0, 0.05) is 39.0 Å². The van der Waals surface area contributed by atoms with Crippen molar-refractivity contribution in [3.63, 3.8) is 0 Å². The largest absolute Gasteiger partial charge is 0.379 e. The molecule has 9 N–H and O–H groups in total. The number of carbonyl (C=O) groups is 5. The summed E-state index contributed by atoms with van der Waals surface area (Å²) < 4.78 is 37.1. The number of amides is 4. The Morgan fingerprint density at radius 1 is 0.623 bits per heavy atom. The van der Waals surface area contributed by atoms with Crippen LogP contribution in [-0.2, 0) is 78.4 Å². The summed E-state index contributed by atoms with van der Waals surface area (Å²) in [6.45, 7) is 2.97. The van der Waals surface area contributed by atoms with E-state index < -0.39 is 36.3 Å². The number of aldehydes is 1. The molecule has 4 amide bonds. The van der Waals surface area contributed by atoms with Crippen molar-refractivity contribution in [3.8, 4) is 0 Å². The number of rotatable bonds is 38. The quantitative estimate of drug-likeness (QED) is 0.0143. The van der Waals surface area contributed by atoms with Crippen molar-refractivity contribution >= 4 is 48.2 Å². The smallest absolute Gasteiger partial charge is 0.242 e. The van der Waals surface area contributed by atoms with Crippen molar-refractivity contribution in [2.75, 3.05) is 119 Å². The number of nitrogens with one attached hydrogen (secondary N) is 4. The van der Waals surface area contributed by atoms with Crippen LogP contribution >= 0.6 is 6.49 Å². The van der Waals surface area contributed by atoms with Crippen molar-refractivity contribution in [1.82, 2.24) is 21.3 Å². The first kappa shape index (κ1) is 50.7. The van der Waals surface area contributed by atoms with Crippen molar-refractivity contribution in [2.24, 2.45) is 11.8 Å². The van der Waals surface area contributed by atoms with E-state index in [1.165, 1.54) is 6.66 Å². The number of carbonyl (C=O) groups excluding carboxylic acids is 5. The summed E-state index contributed by atoms with van der Waals surface area (Å²) in [5.74, 6) is 7.97. The van der Waals surface area contributed by atoms with E-state index in [1.54, 1.807) is 0 Å². The van der Waals surface area contributed by atoms with Crippen LogP contribution in [0.15, 0.2) is 0 Å². The normalized spacial score (nSPS) is 13.4. The third-order valence-electron chi connectivity index (χ3n) is 6.46. The van der Waals surface area contributed by atoms with Crippen LogP contribution < -0.4 is 33.1 Å². The molecule has 0 spiro atoms. The second-order valence-electron chi connectivity index (χ2n) is 11.0. The number of hydrogen-bond donors (Lipinski definition) is 7. The van der Waals surface area contributed by atoms with Gasteiger partial charge in [0.05, 0.1) is 105 Å². The van der Waals surface area contributed by atoms with E-state index in [1.807, 2.05) is 0 Å². The highest BCUT2D eigenvalue weighted by Crippen LogP contribution is 2.36. The Labute approximate surface area is 315 Å². The predicted molar refractivity (Wildman–Crippen MR) is 193 cm³/mol. The van der Waals surface area contributed by atoms with Gasteiger partial charge >= 0.3 is 0 Å². The predicted octanol–water partition coefficient (Wildman–Crippen LogP) is -2.83. The molecule has 23 heteroatoms. The maximum absolute atomic E-state index is 12.9. The van der Waals surface area contributed by atoms with Crippen molar-refractivity contribution in [2.45, 2.75) is 44.2 Å². The van der Waals surface area contributed by atoms with Gasteiger partial charge in [0.2, 0.25) is 23.6 Å². The van der Waals surface area contributed by atoms with E-state index in [0.717, 1.165) is 0 Å². The number of hydrogen-bond acceptors (Lipinski definition) is 17. The second kappa shape index (κ2) is 35.4. The Kier molecular flexibility index (Phi) is 33.9. The van der Waals surface area contributed by atoms with Gasteiger partial charge in [0.25, 0.3) is 0 Å². The third-order valence-corrected chi connectivity index (χ3v) is 7.44. The topological polar surface area (TPSA) is 289 Å². The zero-order chi connectivity index (χ0) is 39.4. The highest BCUT2D eigenvalue weighted by atomic mass is 32.5. The Balaban J connectivity index is 4.46. The minimum Gasteiger partial charge on any atom is -0.379 e. The molecule has 0 aromatic carbocycles. The number of nitrogens with two attached hydrogens (primary N) is 2. The molecular weight excluding hydrogens is 747 g/mol. The summed E-state index contributed by atoms with van der Waals surface area (Å²) >= 11 is 4.76. The Morgan fingerprint density at radius 2 is 1.08 bits per heavy atom. The van der Waals surface area contributed by atoms with Gasteiger partial charge < -0.3 is 73.6 Å². The summed E-state index contributed by atoms with van der Waals surface area (Å²) in [7, 11) is 0. The van der Waals surface area contributed by atoms with Gasteiger partial charge in [-0.05, 0) is 24.6 Å². The van der Waals surface area contributed by atoms with Crippen LogP contribution in [0.2, 0.25) is 0 Å². The lowest BCUT2D eigenvalue weighted by molar-refractivity contribution is -0.130. The van der Waals surface area contributed by atoms with E-state index in [2.05, 4.69) is 30.9 Å². The van der Waals surface area contributed by atoms with Crippen molar-refractivity contribution in [1.29, 1.82) is 0 Å². The van der Waals surface area contributed by atoms with Gasteiger partial charge in [-0.3, -0.25) is 19.2 Å². The first-order chi connectivity index (χ1) is 25.5. The van der Waals surface area contributed by atoms with Gasteiger partial charge in [-0.2, -0.15) is 0 Å². The summed E-state index contributed by atoms with van der Waals surface area (Å²) in [6.07, 6.45) is 0.260. The molecular formula is C30H59N6O15PS. The van der Waals surface area contributed by atoms with Gasteiger partial charge in [0.1, 0.15) is 12.3 Å². The summed E-state index contributed by atoms with van der Waals surface area (Å²) in [5, 5.41) is 10.4. The highest BCUT2D eigenvalue weighted by molar-refractivity contribution is 8.09. The molecule has 0 aromatic heterocycles. The molecule has 0 saturated heterocycles. The summed E-state index contributed by atoms with van der Waals surface area (Å²) in [5.41, 5.74) is 0. The molecule has 3 atom stereocenters. The van der Waals surface area contributed by atoms with Crippen LogP contribution in [0, 0.1) is 0 Å². The zero-order valence-electron chi connectivity index (χ0n) is 30.5. The van der Waals surface area contributed by atoms with Crippen LogP contribution in [-0.4, -0.2) is 166 Å². The maximum Gasteiger partial charge on any atom is 0.242 e. The first-order valence-corrected chi connectivity index (χ1v) is 20.3. The van der Waals surface area contributed by atoms with E-state index >= 15 is 0 Å². The molecule has 21 nitrogen and oxygen atoms in total. The molecule has 0 fully saturated rings. The summed E-state index contributed by atoms with van der Waals surface area (Å²) in [6, 6.07) is -1.99. The Hall–Kier alpha value is -2.28. The second-order valence-corrected chi connectivity index (χ2v) is 14.8. The van der Waals surface area contributed by atoms with Gasteiger partial charge in [-0.15, -0.1) is 0 Å². The van der Waals surface area contributed by atoms with Crippen LogP contribution in [0.25, 0.3) is 0 Å². The maximum atomic E-state index is 12.9. The first-order valence-electron chi connectivity index (χ1n) is 17.1. The van der Waals surface area contributed by atoms with E-state index in [-0.39, 0.29) is 117 Å². The highest BCUT2D eigenvalue weighted by Gasteiger charge is 2.22.